The monoisotopic (exact) mass is 364 g/mol. The molecule has 0 aliphatic heterocycles. The molecule has 0 N–H and O–H groups in total. The minimum absolute atomic E-state index is 0.0590. The topological polar surface area (TPSA) is 38.9 Å². The molecule has 0 fully saturated rings. The van der Waals surface area contributed by atoms with Crippen LogP contribution in [0.25, 0.3) is 21.3 Å². The van der Waals surface area contributed by atoms with Gasteiger partial charge < -0.3 is 4.42 Å². The predicted molar refractivity (Wildman–Crippen MR) is 109 cm³/mol. The minimum atomic E-state index is -0.0590. The van der Waals surface area contributed by atoms with Crippen molar-refractivity contribution in [3.05, 3.63) is 58.9 Å². The molecule has 2 aromatic heterocycles. The maximum atomic E-state index is 5.50. The van der Waals surface area contributed by atoms with E-state index in [0.29, 0.717) is 0 Å². The summed E-state index contributed by atoms with van der Waals surface area (Å²) in [6.45, 7) is 11.3. The molecule has 0 amide bonds. The molecule has 26 heavy (non-hydrogen) atoms. The third-order valence-electron chi connectivity index (χ3n) is 5.10. The Hall–Kier alpha value is -2.20. The standard InChI is InChI=1S/C22H24N2OS/c1-21(2,3)15-10-9-14(20-19(15)24-13-26-20)11-22(4,5)16-7-6-8-17-18(16)23-12-25-17/h6-10,12-13H,11H2,1-5H3. The van der Waals surface area contributed by atoms with Crippen molar-refractivity contribution in [3.63, 3.8) is 0 Å². The number of fused-ring (bicyclic) bond motifs is 2. The second-order valence-electron chi connectivity index (χ2n) is 8.62. The Balaban J connectivity index is 1.80. The molecule has 2 heterocycles. The Kier molecular flexibility index (Phi) is 3.92. The largest absolute Gasteiger partial charge is 0.443 e. The number of nitrogens with zero attached hydrogens (tertiary/aromatic N) is 2. The Morgan fingerprint density at radius 3 is 2.50 bits per heavy atom. The summed E-state index contributed by atoms with van der Waals surface area (Å²) in [7, 11) is 0. The van der Waals surface area contributed by atoms with E-state index in [-0.39, 0.29) is 10.8 Å². The first-order valence-corrected chi connectivity index (χ1v) is 9.83. The molecule has 3 nitrogen and oxygen atoms in total. The summed E-state index contributed by atoms with van der Waals surface area (Å²) < 4.78 is 6.80. The van der Waals surface area contributed by atoms with Gasteiger partial charge in [0.15, 0.2) is 12.0 Å². The summed E-state index contributed by atoms with van der Waals surface area (Å²) in [5.41, 5.74) is 8.84. The van der Waals surface area contributed by atoms with Gasteiger partial charge in [-0.05, 0) is 40.0 Å². The number of hydrogen-bond donors (Lipinski definition) is 0. The molecule has 4 rings (SSSR count). The number of rotatable bonds is 3. The zero-order chi connectivity index (χ0) is 18.5. The van der Waals surface area contributed by atoms with Crippen LogP contribution in [-0.4, -0.2) is 9.97 Å². The van der Waals surface area contributed by atoms with Gasteiger partial charge in [-0.25, -0.2) is 9.97 Å². The highest BCUT2D eigenvalue weighted by Gasteiger charge is 2.27. The van der Waals surface area contributed by atoms with Gasteiger partial charge in [-0.15, -0.1) is 11.3 Å². The van der Waals surface area contributed by atoms with Crippen molar-refractivity contribution in [1.29, 1.82) is 0 Å². The quantitative estimate of drug-likeness (QED) is 0.431. The van der Waals surface area contributed by atoms with Gasteiger partial charge in [-0.1, -0.05) is 58.9 Å². The number of thiazole rings is 1. The van der Waals surface area contributed by atoms with Crippen LogP contribution in [0.5, 0.6) is 0 Å². The molecule has 0 saturated heterocycles. The average molecular weight is 365 g/mol. The van der Waals surface area contributed by atoms with Crippen LogP contribution < -0.4 is 0 Å². The Labute approximate surface area is 158 Å². The molecule has 0 aliphatic rings. The molecule has 0 atom stereocenters. The molecule has 4 aromatic rings. The number of hydrogen-bond acceptors (Lipinski definition) is 4. The van der Waals surface area contributed by atoms with Gasteiger partial charge in [0, 0.05) is 0 Å². The fourth-order valence-electron chi connectivity index (χ4n) is 3.75. The fraction of sp³-hybridized carbons (Fsp3) is 0.364. The average Bonchev–Trinajstić information content (AvgIpc) is 3.22. The number of oxazole rings is 1. The van der Waals surface area contributed by atoms with Crippen molar-refractivity contribution in [2.24, 2.45) is 0 Å². The molecule has 0 spiro atoms. The maximum absolute atomic E-state index is 5.50. The van der Waals surface area contributed by atoms with Gasteiger partial charge >= 0.3 is 0 Å². The third-order valence-corrected chi connectivity index (χ3v) is 6.00. The van der Waals surface area contributed by atoms with Gasteiger partial charge in [0.05, 0.1) is 15.7 Å². The van der Waals surface area contributed by atoms with Crippen LogP contribution in [0.1, 0.15) is 51.3 Å². The van der Waals surface area contributed by atoms with E-state index >= 15 is 0 Å². The van der Waals surface area contributed by atoms with E-state index in [4.69, 9.17) is 4.42 Å². The van der Waals surface area contributed by atoms with Crippen LogP contribution in [0.15, 0.2) is 46.7 Å². The van der Waals surface area contributed by atoms with E-state index in [1.807, 2.05) is 11.6 Å². The van der Waals surface area contributed by atoms with Gasteiger partial charge in [0.1, 0.15) is 5.52 Å². The molecule has 0 aliphatic carbocycles. The molecule has 0 saturated carbocycles. The van der Waals surface area contributed by atoms with Crippen molar-refractivity contribution < 1.29 is 4.42 Å². The number of benzene rings is 2. The Morgan fingerprint density at radius 1 is 0.923 bits per heavy atom. The van der Waals surface area contributed by atoms with E-state index in [1.165, 1.54) is 27.8 Å². The Bertz CT molecular complexity index is 1080. The van der Waals surface area contributed by atoms with Crippen LogP contribution in [0.2, 0.25) is 0 Å². The van der Waals surface area contributed by atoms with Crippen LogP contribution in [0.3, 0.4) is 0 Å². The first-order chi connectivity index (χ1) is 12.3. The Morgan fingerprint density at radius 2 is 1.73 bits per heavy atom. The van der Waals surface area contributed by atoms with Crippen LogP contribution >= 0.6 is 11.3 Å². The summed E-state index contributed by atoms with van der Waals surface area (Å²) in [5, 5.41) is 0. The highest BCUT2D eigenvalue weighted by molar-refractivity contribution is 7.17. The summed E-state index contributed by atoms with van der Waals surface area (Å²) in [6, 6.07) is 10.7. The molecule has 0 radical (unpaired) electrons. The SMILES string of the molecule is CC(C)(C)c1ccc(CC(C)(C)c2cccc3ocnc23)c2scnc12. The first kappa shape index (κ1) is 17.2. The first-order valence-electron chi connectivity index (χ1n) is 8.96. The highest BCUT2D eigenvalue weighted by Crippen LogP contribution is 2.38. The van der Waals surface area contributed by atoms with Gasteiger partial charge in [-0.2, -0.15) is 0 Å². The normalized spacial score (nSPS) is 13.0. The second-order valence-corrected chi connectivity index (χ2v) is 9.47. The molecule has 2 aromatic carbocycles. The van der Waals surface area contributed by atoms with E-state index in [2.05, 4.69) is 68.9 Å². The van der Waals surface area contributed by atoms with E-state index < -0.39 is 0 Å². The lowest BCUT2D eigenvalue weighted by molar-refractivity contribution is 0.527. The zero-order valence-corrected chi connectivity index (χ0v) is 16.8. The van der Waals surface area contributed by atoms with E-state index in [1.54, 1.807) is 11.3 Å². The maximum Gasteiger partial charge on any atom is 0.181 e. The van der Waals surface area contributed by atoms with Crippen molar-refractivity contribution in [2.75, 3.05) is 0 Å². The van der Waals surface area contributed by atoms with E-state index in [0.717, 1.165) is 23.0 Å². The van der Waals surface area contributed by atoms with E-state index in [9.17, 15) is 0 Å². The molecular weight excluding hydrogens is 340 g/mol. The van der Waals surface area contributed by atoms with Crippen molar-refractivity contribution in [2.45, 2.75) is 51.9 Å². The van der Waals surface area contributed by atoms with Crippen molar-refractivity contribution in [1.82, 2.24) is 9.97 Å². The lowest BCUT2D eigenvalue weighted by atomic mass is 9.77. The smallest absolute Gasteiger partial charge is 0.181 e. The second kappa shape index (κ2) is 5.92. The predicted octanol–water partition coefficient (Wildman–Crippen LogP) is 6.26. The summed E-state index contributed by atoms with van der Waals surface area (Å²) >= 11 is 1.74. The van der Waals surface area contributed by atoms with Gasteiger partial charge in [0.25, 0.3) is 0 Å². The summed E-state index contributed by atoms with van der Waals surface area (Å²) in [5.74, 6) is 0. The summed E-state index contributed by atoms with van der Waals surface area (Å²) in [4.78, 5) is 9.13. The van der Waals surface area contributed by atoms with Crippen LogP contribution in [-0.2, 0) is 17.3 Å². The molecule has 134 valence electrons. The third kappa shape index (κ3) is 2.82. The molecule has 0 unspecified atom stereocenters. The van der Waals surface area contributed by atoms with Crippen molar-refractivity contribution >= 4 is 32.7 Å². The van der Waals surface area contributed by atoms with Crippen LogP contribution in [0, 0.1) is 0 Å². The van der Waals surface area contributed by atoms with Crippen molar-refractivity contribution in [3.8, 4) is 0 Å². The fourth-order valence-corrected chi connectivity index (χ4v) is 4.58. The summed E-state index contributed by atoms with van der Waals surface area (Å²) in [6.07, 6.45) is 2.46. The van der Waals surface area contributed by atoms with Gasteiger partial charge in [-0.3, -0.25) is 0 Å². The lowest BCUT2D eigenvalue weighted by Crippen LogP contribution is -2.21. The number of aromatic nitrogens is 2. The highest BCUT2D eigenvalue weighted by atomic mass is 32.1. The zero-order valence-electron chi connectivity index (χ0n) is 16.0. The molecule has 0 bridgehead atoms. The molecule has 4 heteroatoms. The lowest BCUT2D eigenvalue weighted by Gasteiger charge is -2.27. The molecular formula is C22H24N2OS. The number of para-hydroxylation sites is 1. The van der Waals surface area contributed by atoms with Gasteiger partial charge in [0.2, 0.25) is 0 Å². The van der Waals surface area contributed by atoms with Crippen LogP contribution in [0.4, 0.5) is 0 Å². The minimum Gasteiger partial charge on any atom is -0.443 e.